The van der Waals surface area contributed by atoms with Crippen LogP contribution in [0.25, 0.3) is 0 Å². The van der Waals surface area contributed by atoms with Crippen LogP contribution in [0.2, 0.25) is 0 Å². The van der Waals surface area contributed by atoms with E-state index in [-0.39, 0.29) is 0 Å². The molecular weight excluding hydrogens is 284 g/mol. The molecule has 0 aromatic heterocycles. The zero-order valence-electron chi connectivity index (χ0n) is 13.4. The highest BCUT2D eigenvalue weighted by Crippen LogP contribution is 2.30. The topological polar surface area (TPSA) is 49.4 Å². The van der Waals surface area contributed by atoms with Crippen LogP contribution in [-0.2, 0) is 10.0 Å². The molecule has 4 nitrogen and oxygen atoms in total. The van der Waals surface area contributed by atoms with Crippen LogP contribution in [0, 0.1) is 19.8 Å². The van der Waals surface area contributed by atoms with E-state index in [0.717, 1.165) is 36.1 Å². The Morgan fingerprint density at radius 3 is 2.43 bits per heavy atom. The minimum Gasteiger partial charge on any atom is -0.388 e. The monoisotopic (exact) mass is 310 g/mol. The van der Waals surface area contributed by atoms with E-state index in [1.807, 2.05) is 33.0 Å². The molecule has 1 aliphatic rings. The number of anilines is 1. The summed E-state index contributed by atoms with van der Waals surface area (Å²) >= 11 is 0. The van der Waals surface area contributed by atoms with Crippen molar-refractivity contribution in [1.29, 1.82) is 0 Å². The molecule has 1 aliphatic heterocycles. The van der Waals surface area contributed by atoms with Gasteiger partial charge in [0.25, 0.3) is 0 Å². The average molecular weight is 310 g/mol. The number of hydrogen-bond acceptors (Lipinski definition) is 3. The quantitative estimate of drug-likeness (QED) is 0.929. The van der Waals surface area contributed by atoms with Crippen molar-refractivity contribution in [1.82, 2.24) is 4.31 Å². The fourth-order valence-corrected chi connectivity index (χ4v) is 5.18. The number of nitrogens with one attached hydrogen (secondary N) is 1. The third kappa shape index (κ3) is 3.24. The highest BCUT2D eigenvalue weighted by atomic mass is 32.2. The summed E-state index contributed by atoms with van der Waals surface area (Å²) in [6, 6.07) is 3.81. The van der Waals surface area contributed by atoms with Crippen LogP contribution in [-0.4, -0.2) is 32.9 Å². The third-order valence-electron chi connectivity index (χ3n) is 4.41. The molecule has 0 aliphatic carbocycles. The van der Waals surface area contributed by atoms with Crippen molar-refractivity contribution in [3.63, 3.8) is 0 Å². The Kier molecular flexibility index (Phi) is 4.94. The molecule has 0 amide bonds. The van der Waals surface area contributed by atoms with Gasteiger partial charge in [-0.15, -0.1) is 0 Å². The molecule has 0 spiro atoms. The SMILES string of the molecule is CCC1CCCN(S(=O)(=O)c2c(C)cc(NC)cc2C)C1. The van der Waals surface area contributed by atoms with Crippen LogP contribution in [0.15, 0.2) is 17.0 Å². The van der Waals surface area contributed by atoms with Gasteiger partial charge in [0.15, 0.2) is 0 Å². The Morgan fingerprint density at radius 2 is 1.90 bits per heavy atom. The lowest BCUT2D eigenvalue weighted by atomic mass is 9.97. The van der Waals surface area contributed by atoms with E-state index in [1.165, 1.54) is 0 Å². The van der Waals surface area contributed by atoms with Crippen molar-refractivity contribution >= 4 is 15.7 Å². The van der Waals surface area contributed by atoms with Crippen LogP contribution in [0.5, 0.6) is 0 Å². The number of nitrogens with zero attached hydrogens (tertiary/aromatic N) is 1. The molecule has 21 heavy (non-hydrogen) atoms. The summed E-state index contributed by atoms with van der Waals surface area (Å²) in [6.45, 7) is 7.19. The van der Waals surface area contributed by atoms with Crippen molar-refractivity contribution in [3.05, 3.63) is 23.3 Å². The van der Waals surface area contributed by atoms with Crippen molar-refractivity contribution in [2.24, 2.45) is 5.92 Å². The second-order valence-electron chi connectivity index (χ2n) is 5.97. The predicted octanol–water partition coefficient (Wildman–Crippen LogP) is 3.16. The molecule has 1 heterocycles. The molecule has 1 aromatic rings. The van der Waals surface area contributed by atoms with E-state index in [0.29, 0.717) is 23.9 Å². The first kappa shape index (κ1) is 16.3. The summed E-state index contributed by atoms with van der Waals surface area (Å²) in [6.07, 6.45) is 3.15. The molecule has 0 saturated carbocycles. The molecule has 2 rings (SSSR count). The van der Waals surface area contributed by atoms with Gasteiger partial charge in [0.1, 0.15) is 0 Å². The Morgan fingerprint density at radius 1 is 1.29 bits per heavy atom. The average Bonchev–Trinajstić information content (AvgIpc) is 2.46. The van der Waals surface area contributed by atoms with Crippen LogP contribution in [0.3, 0.4) is 0 Å². The van der Waals surface area contributed by atoms with Crippen molar-refractivity contribution < 1.29 is 8.42 Å². The van der Waals surface area contributed by atoms with Gasteiger partial charge < -0.3 is 5.32 Å². The minimum absolute atomic E-state index is 0.484. The van der Waals surface area contributed by atoms with E-state index in [1.54, 1.807) is 4.31 Å². The zero-order valence-corrected chi connectivity index (χ0v) is 14.3. The fraction of sp³-hybridized carbons (Fsp3) is 0.625. The number of rotatable bonds is 4. The number of hydrogen-bond donors (Lipinski definition) is 1. The van der Waals surface area contributed by atoms with Gasteiger partial charge in [0.05, 0.1) is 4.90 Å². The molecule has 1 atom stereocenters. The minimum atomic E-state index is -3.39. The van der Waals surface area contributed by atoms with Crippen LogP contribution >= 0.6 is 0 Å². The van der Waals surface area contributed by atoms with Gasteiger partial charge in [0, 0.05) is 25.8 Å². The lowest BCUT2D eigenvalue weighted by Crippen LogP contribution is -2.40. The van der Waals surface area contributed by atoms with Crippen molar-refractivity contribution in [2.75, 3.05) is 25.5 Å². The largest absolute Gasteiger partial charge is 0.388 e. The number of piperidine rings is 1. The molecule has 1 unspecified atom stereocenters. The van der Waals surface area contributed by atoms with Gasteiger partial charge in [-0.05, 0) is 55.9 Å². The first-order valence-electron chi connectivity index (χ1n) is 7.69. The lowest BCUT2D eigenvalue weighted by Gasteiger charge is -2.32. The van der Waals surface area contributed by atoms with Crippen LogP contribution in [0.1, 0.15) is 37.3 Å². The number of sulfonamides is 1. The third-order valence-corrected chi connectivity index (χ3v) is 6.58. The van der Waals surface area contributed by atoms with Crippen LogP contribution in [0.4, 0.5) is 5.69 Å². The van der Waals surface area contributed by atoms with E-state index >= 15 is 0 Å². The Labute approximate surface area is 128 Å². The van der Waals surface area contributed by atoms with Crippen molar-refractivity contribution in [3.8, 4) is 0 Å². The molecule has 1 fully saturated rings. The van der Waals surface area contributed by atoms with E-state index < -0.39 is 10.0 Å². The number of aryl methyl sites for hydroxylation is 2. The Hall–Kier alpha value is -1.07. The summed E-state index contributed by atoms with van der Waals surface area (Å²) in [5.41, 5.74) is 2.59. The zero-order chi connectivity index (χ0) is 15.6. The molecule has 1 saturated heterocycles. The maximum Gasteiger partial charge on any atom is 0.243 e. The molecular formula is C16H26N2O2S. The summed E-state index contributed by atoms with van der Waals surface area (Å²) < 4.78 is 27.7. The van der Waals surface area contributed by atoms with Gasteiger partial charge in [-0.1, -0.05) is 13.3 Å². The maximum absolute atomic E-state index is 13.0. The molecule has 5 heteroatoms. The van der Waals surface area contributed by atoms with E-state index in [4.69, 9.17) is 0 Å². The van der Waals surface area contributed by atoms with Gasteiger partial charge in [-0.25, -0.2) is 8.42 Å². The van der Waals surface area contributed by atoms with Crippen LogP contribution < -0.4 is 5.32 Å². The standard InChI is InChI=1S/C16H26N2O2S/c1-5-14-7-6-8-18(11-14)21(19,20)16-12(2)9-15(17-4)10-13(16)3/h9-10,14,17H,5-8,11H2,1-4H3. The second kappa shape index (κ2) is 6.36. The van der Waals surface area contributed by atoms with E-state index in [2.05, 4.69) is 12.2 Å². The Balaban J connectivity index is 2.40. The van der Waals surface area contributed by atoms with E-state index in [9.17, 15) is 8.42 Å². The first-order valence-corrected chi connectivity index (χ1v) is 9.13. The lowest BCUT2D eigenvalue weighted by molar-refractivity contribution is 0.261. The normalized spacial score (nSPS) is 20.5. The fourth-order valence-electron chi connectivity index (χ4n) is 3.21. The highest BCUT2D eigenvalue weighted by molar-refractivity contribution is 7.89. The van der Waals surface area contributed by atoms with Crippen molar-refractivity contribution in [2.45, 2.75) is 44.9 Å². The first-order chi connectivity index (χ1) is 9.90. The molecule has 1 aromatic carbocycles. The number of benzene rings is 1. The summed E-state index contributed by atoms with van der Waals surface area (Å²) in [5.74, 6) is 0.491. The second-order valence-corrected chi connectivity index (χ2v) is 7.84. The summed E-state index contributed by atoms with van der Waals surface area (Å²) in [5, 5.41) is 3.07. The molecule has 0 radical (unpaired) electrons. The maximum atomic E-state index is 13.0. The molecule has 1 N–H and O–H groups in total. The van der Waals surface area contributed by atoms with Gasteiger partial charge in [0.2, 0.25) is 10.0 Å². The van der Waals surface area contributed by atoms with Gasteiger partial charge in [-0.2, -0.15) is 4.31 Å². The van der Waals surface area contributed by atoms with Gasteiger partial charge in [-0.3, -0.25) is 0 Å². The molecule has 0 bridgehead atoms. The molecule has 118 valence electrons. The summed E-state index contributed by atoms with van der Waals surface area (Å²) in [4.78, 5) is 0.484. The highest BCUT2D eigenvalue weighted by Gasteiger charge is 2.31. The smallest absolute Gasteiger partial charge is 0.243 e. The predicted molar refractivity (Wildman–Crippen MR) is 87.2 cm³/mol. The Bertz CT molecular complexity index is 588. The van der Waals surface area contributed by atoms with Gasteiger partial charge >= 0.3 is 0 Å². The summed E-state index contributed by atoms with van der Waals surface area (Å²) in [7, 11) is -1.54.